The molecule has 2 rings (SSSR count). The third-order valence-electron chi connectivity index (χ3n) is 2.80. The number of nitrogens with zero attached hydrogens (tertiary/aromatic N) is 1. The summed E-state index contributed by atoms with van der Waals surface area (Å²) >= 11 is 7.49. The first-order valence-electron chi connectivity index (χ1n) is 6.37. The van der Waals surface area contributed by atoms with E-state index in [-0.39, 0.29) is 5.91 Å². The lowest BCUT2D eigenvalue weighted by Gasteiger charge is -2.16. The lowest BCUT2D eigenvalue weighted by Crippen LogP contribution is -2.25. The van der Waals surface area contributed by atoms with E-state index in [1.165, 1.54) is 0 Å². The van der Waals surface area contributed by atoms with Gasteiger partial charge in [0.1, 0.15) is 0 Å². The Morgan fingerprint density at radius 3 is 2.95 bits per heavy atom. The largest absolute Gasteiger partial charge is 0.337 e. The highest BCUT2D eigenvalue weighted by molar-refractivity contribution is 7.10. The molecule has 0 saturated carbocycles. The third kappa shape index (κ3) is 4.33. The predicted molar refractivity (Wildman–Crippen MR) is 87.5 cm³/mol. The second-order valence-electron chi connectivity index (χ2n) is 4.48. The summed E-state index contributed by atoms with van der Waals surface area (Å²) in [6.45, 7) is 0.888. The summed E-state index contributed by atoms with van der Waals surface area (Å²) in [6, 6.07) is 8.94. The highest BCUT2D eigenvalue weighted by Gasteiger charge is 2.13. The van der Waals surface area contributed by atoms with Crippen LogP contribution in [0.25, 0.3) is 0 Å². The van der Waals surface area contributed by atoms with Gasteiger partial charge in [-0.15, -0.1) is 11.3 Å². The van der Waals surface area contributed by atoms with E-state index in [0.717, 1.165) is 10.4 Å². The van der Waals surface area contributed by atoms with Crippen LogP contribution in [0, 0.1) is 11.8 Å². The van der Waals surface area contributed by atoms with Gasteiger partial charge in [0.15, 0.2) is 0 Å². The predicted octanol–water partition coefficient (Wildman–Crippen LogP) is 2.98. The van der Waals surface area contributed by atoms with E-state index >= 15 is 0 Å². The van der Waals surface area contributed by atoms with Gasteiger partial charge in [-0.2, -0.15) is 0 Å². The Morgan fingerprint density at radius 1 is 1.43 bits per heavy atom. The Labute approximate surface area is 133 Å². The van der Waals surface area contributed by atoms with Crippen LogP contribution in [-0.2, 0) is 6.54 Å². The van der Waals surface area contributed by atoms with Crippen molar-refractivity contribution in [2.24, 2.45) is 5.73 Å². The second-order valence-corrected chi connectivity index (χ2v) is 5.91. The zero-order valence-electron chi connectivity index (χ0n) is 11.6. The molecule has 0 aliphatic heterocycles. The van der Waals surface area contributed by atoms with E-state index in [1.807, 2.05) is 11.4 Å². The van der Waals surface area contributed by atoms with E-state index in [2.05, 4.69) is 11.8 Å². The van der Waals surface area contributed by atoms with Gasteiger partial charge in [-0.3, -0.25) is 4.79 Å². The molecule has 2 N–H and O–H groups in total. The molecule has 5 heteroatoms. The van der Waals surface area contributed by atoms with Crippen LogP contribution >= 0.6 is 22.9 Å². The van der Waals surface area contributed by atoms with Crippen molar-refractivity contribution in [3.05, 3.63) is 56.7 Å². The maximum atomic E-state index is 12.3. The number of hydrogen-bond acceptors (Lipinski definition) is 3. The quantitative estimate of drug-likeness (QED) is 0.884. The minimum atomic E-state index is -0.0551. The number of benzene rings is 1. The van der Waals surface area contributed by atoms with Gasteiger partial charge in [0.2, 0.25) is 0 Å². The molecule has 3 nitrogen and oxygen atoms in total. The average molecular weight is 319 g/mol. The molecular formula is C16H15ClN2OS. The van der Waals surface area contributed by atoms with Crippen molar-refractivity contribution in [2.45, 2.75) is 6.54 Å². The second kappa shape index (κ2) is 7.28. The summed E-state index contributed by atoms with van der Waals surface area (Å²) in [5.41, 5.74) is 6.87. The van der Waals surface area contributed by atoms with Crippen molar-refractivity contribution in [2.75, 3.05) is 13.6 Å². The maximum absolute atomic E-state index is 12.3. The van der Waals surface area contributed by atoms with Crippen molar-refractivity contribution in [1.29, 1.82) is 0 Å². The molecule has 1 aromatic heterocycles. The zero-order chi connectivity index (χ0) is 15.2. The van der Waals surface area contributed by atoms with Crippen LogP contribution in [0.15, 0.2) is 35.7 Å². The van der Waals surface area contributed by atoms with Crippen LogP contribution in [0.1, 0.15) is 20.8 Å². The van der Waals surface area contributed by atoms with Gasteiger partial charge in [0.25, 0.3) is 5.91 Å². The molecular weight excluding hydrogens is 304 g/mol. The van der Waals surface area contributed by atoms with E-state index < -0.39 is 0 Å². The fourth-order valence-corrected chi connectivity index (χ4v) is 2.89. The summed E-state index contributed by atoms with van der Waals surface area (Å²) in [5, 5.41) is 2.53. The number of carbonyl (C=O) groups excluding carboxylic acids is 1. The van der Waals surface area contributed by atoms with E-state index in [0.29, 0.717) is 23.7 Å². The molecule has 0 saturated heterocycles. The normalized spacial score (nSPS) is 9.86. The molecule has 0 atom stereocenters. The molecule has 21 heavy (non-hydrogen) atoms. The van der Waals surface area contributed by atoms with Gasteiger partial charge in [0.05, 0.1) is 13.1 Å². The van der Waals surface area contributed by atoms with Crippen molar-refractivity contribution >= 4 is 28.8 Å². The van der Waals surface area contributed by atoms with E-state index in [4.69, 9.17) is 17.3 Å². The molecule has 0 bridgehead atoms. The molecule has 0 radical (unpaired) electrons. The number of hydrogen-bond donors (Lipinski definition) is 1. The summed E-state index contributed by atoms with van der Waals surface area (Å²) in [7, 11) is 1.77. The van der Waals surface area contributed by atoms with Gasteiger partial charge >= 0.3 is 0 Å². The summed E-state index contributed by atoms with van der Waals surface area (Å²) < 4.78 is 0. The minimum absolute atomic E-state index is 0.0551. The van der Waals surface area contributed by atoms with Crippen molar-refractivity contribution in [3.8, 4) is 11.8 Å². The molecule has 0 aliphatic carbocycles. The van der Waals surface area contributed by atoms with Crippen molar-refractivity contribution in [3.63, 3.8) is 0 Å². The number of thiophene rings is 1. The van der Waals surface area contributed by atoms with Crippen LogP contribution in [0.3, 0.4) is 0 Å². The average Bonchev–Trinajstić information content (AvgIpc) is 2.91. The van der Waals surface area contributed by atoms with Crippen LogP contribution < -0.4 is 5.73 Å². The molecule has 0 spiro atoms. The first-order chi connectivity index (χ1) is 10.1. The minimum Gasteiger partial charge on any atom is -0.337 e. The molecule has 1 amide bonds. The van der Waals surface area contributed by atoms with Crippen LogP contribution in [0.4, 0.5) is 0 Å². The van der Waals surface area contributed by atoms with Crippen LogP contribution in [0.5, 0.6) is 0 Å². The first-order valence-corrected chi connectivity index (χ1v) is 7.63. The Kier molecular flexibility index (Phi) is 5.40. The highest BCUT2D eigenvalue weighted by atomic mass is 35.5. The molecule has 0 fully saturated rings. The maximum Gasteiger partial charge on any atom is 0.253 e. The molecule has 0 aliphatic rings. The molecule has 0 unspecified atom stereocenters. The van der Waals surface area contributed by atoms with Gasteiger partial charge < -0.3 is 10.6 Å². The smallest absolute Gasteiger partial charge is 0.253 e. The monoisotopic (exact) mass is 318 g/mol. The summed E-state index contributed by atoms with van der Waals surface area (Å²) in [6.07, 6.45) is 0. The van der Waals surface area contributed by atoms with E-state index in [1.54, 1.807) is 47.5 Å². The van der Waals surface area contributed by atoms with E-state index in [9.17, 15) is 4.79 Å². The van der Waals surface area contributed by atoms with Crippen molar-refractivity contribution in [1.82, 2.24) is 4.90 Å². The van der Waals surface area contributed by atoms with Gasteiger partial charge in [-0.05, 0) is 24.3 Å². The summed E-state index contributed by atoms with van der Waals surface area (Å²) in [4.78, 5) is 15.0. The van der Waals surface area contributed by atoms with Gasteiger partial charge in [-0.25, -0.2) is 0 Å². The number of nitrogens with two attached hydrogens (primary N) is 1. The lowest BCUT2D eigenvalue weighted by atomic mass is 10.2. The third-order valence-corrected chi connectivity index (χ3v) is 3.96. The van der Waals surface area contributed by atoms with Gasteiger partial charge in [0, 0.05) is 33.5 Å². The van der Waals surface area contributed by atoms with Crippen LogP contribution in [-0.4, -0.2) is 24.4 Å². The number of halogens is 1. The van der Waals surface area contributed by atoms with Crippen LogP contribution in [0.2, 0.25) is 5.02 Å². The SMILES string of the molecule is CN(Cc1cc(C#CCN)cs1)C(=O)c1cccc(Cl)c1. The molecule has 108 valence electrons. The lowest BCUT2D eigenvalue weighted by molar-refractivity contribution is 0.0786. The Hall–Kier alpha value is -1.80. The first kappa shape index (κ1) is 15.6. The number of amides is 1. The van der Waals surface area contributed by atoms with Gasteiger partial charge in [-0.1, -0.05) is 29.5 Å². The zero-order valence-corrected chi connectivity index (χ0v) is 13.2. The molecule has 2 aromatic rings. The highest BCUT2D eigenvalue weighted by Crippen LogP contribution is 2.18. The van der Waals surface area contributed by atoms with Crippen molar-refractivity contribution < 1.29 is 4.79 Å². The molecule has 1 heterocycles. The fraction of sp³-hybridized carbons (Fsp3) is 0.188. The Bertz CT molecular complexity index is 700. The fourth-order valence-electron chi connectivity index (χ4n) is 1.83. The number of rotatable bonds is 3. The Morgan fingerprint density at radius 2 is 2.24 bits per heavy atom. The number of carbonyl (C=O) groups is 1. The summed E-state index contributed by atoms with van der Waals surface area (Å²) in [5.74, 6) is 5.74. The molecule has 1 aromatic carbocycles. The Balaban J connectivity index is 2.05. The standard InChI is InChI=1S/C16H15ClN2OS/c1-19(16(20)13-5-2-6-14(17)9-13)10-15-8-12(11-21-15)4-3-7-18/h2,5-6,8-9,11H,7,10,18H2,1H3. The topological polar surface area (TPSA) is 46.3 Å².